The number of fused-ring (bicyclic) bond motifs is 1. The SMILES string of the molecule is CC(=O)OC[C@H]1C[C@@]1(F)Cn1cnc2c(Cl)nc(N)nc21. The van der Waals surface area contributed by atoms with Crippen LogP contribution in [-0.4, -0.2) is 37.8 Å². The largest absolute Gasteiger partial charge is 0.465 e. The number of halogens is 2. The van der Waals surface area contributed by atoms with E-state index in [1.807, 2.05) is 0 Å². The van der Waals surface area contributed by atoms with Crippen molar-refractivity contribution in [1.82, 2.24) is 19.5 Å². The van der Waals surface area contributed by atoms with E-state index in [2.05, 4.69) is 15.0 Å². The number of hydrogen-bond acceptors (Lipinski definition) is 6. The Morgan fingerprint density at radius 2 is 2.43 bits per heavy atom. The molecular weight excluding hydrogens is 301 g/mol. The molecule has 3 rings (SSSR count). The van der Waals surface area contributed by atoms with Crippen LogP contribution < -0.4 is 5.73 Å². The summed E-state index contributed by atoms with van der Waals surface area (Å²) in [5.74, 6) is -0.715. The number of nitrogens with two attached hydrogens (primary N) is 1. The van der Waals surface area contributed by atoms with Gasteiger partial charge in [0, 0.05) is 12.8 Å². The number of hydrogen-bond donors (Lipinski definition) is 1. The fraction of sp³-hybridized carbons (Fsp3) is 0.500. The van der Waals surface area contributed by atoms with Gasteiger partial charge < -0.3 is 15.0 Å². The average molecular weight is 314 g/mol. The zero-order valence-corrected chi connectivity index (χ0v) is 12.0. The Labute approximate surface area is 124 Å². The number of nitrogen functional groups attached to an aromatic ring is 1. The van der Waals surface area contributed by atoms with Crippen LogP contribution >= 0.6 is 11.6 Å². The summed E-state index contributed by atoms with van der Waals surface area (Å²) in [6, 6.07) is 0. The molecular formula is C12H13ClFN5O2. The molecule has 0 radical (unpaired) electrons. The molecule has 2 heterocycles. The van der Waals surface area contributed by atoms with Gasteiger partial charge in [-0.05, 0) is 6.42 Å². The van der Waals surface area contributed by atoms with Gasteiger partial charge in [-0.15, -0.1) is 0 Å². The minimum Gasteiger partial charge on any atom is -0.465 e. The Morgan fingerprint density at radius 1 is 1.67 bits per heavy atom. The lowest BCUT2D eigenvalue weighted by atomic mass is 10.3. The van der Waals surface area contributed by atoms with Gasteiger partial charge in [-0.25, -0.2) is 9.37 Å². The topological polar surface area (TPSA) is 95.9 Å². The number of carbonyl (C=O) groups is 1. The fourth-order valence-corrected chi connectivity index (χ4v) is 2.51. The summed E-state index contributed by atoms with van der Waals surface area (Å²) in [5, 5.41) is 0.136. The summed E-state index contributed by atoms with van der Waals surface area (Å²) in [6.45, 7) is 1.44. The van der Waals surface area contributed by atoms with Crippen LogP contribution in [0.1, 0.15) is 13.3 Å². The first-order chi connectivity index (χ1) is 9.89. The van der Waals surface area contributed by atoms with Crippen LogP contribution in [0.15, 0.2) is 6.33 Å². The van der Waals surface area contributed by atoms with Crippen LogP contribution in [0.4, 0.5) is 10.3 Å². The van der Waals surface area contributed by atoms with E-state index in [0.717, 1.165) is 0 Å². The molecule has 1 fully saturated rings. The third kappa shape index (κ3) is 2.63. The van der Waals surface area contributed by atoms with E-state index in [9.17, 15) is 9.18 Å². The number of ether oxygens (including phenoxy) is 1. The first kappa shape index (κ1) is 14.0. The molecule has 112 valence electrons. The molecule has 1 aliphatic carbocycles. The summed E-state index contributed by atoms with van der Waals surface area (Å²) in [7, 11) is 0. The van der Waals surface area contributed by atoms with Crippen LogP contribution in [0.5, 0.6) is 0 Å². The van der Waals surface area contributed by atoms with Crippen molar-refractivity contribution in [3.63, 3.8) is 0 Å². The minimum atomic E-state index is -1.44. The van der Waals surface area contributed by atoms with Crippen LogP contribution in [0.3, 0.4) is 0 Å². The fourth-order valence-electron chi connectivity index (χ4n) is 2.30. The maximum absolute atomic E-state index is 14.6. The van der Waals surface area contributed by atoms with Crippen molar-refractivity contribution in [3.8, 4) is 0 Å². The van der Waals surface area contributed by atoms with E-state index in [0.29, 0.717) is 17.6 Å². The predicted molar refractivity (Wildman–Crippen MR) is 73.3 cm³/mol. The second-order valence-corrected chi connectivity index (χ2v) is 5.51. The molecule has 2 aromatic rings. The highest BCUT2D eigenvalue weighted by atomic mass is 35.5. The first-order valence-electron chi connectivity index (χ1n) is 6.35. The maximum atomic E-state index is 14.6. The molecule has 21 heavy (non-hydrogen) atoms. The van der Waals surface area contributed by atoms with Gasteiger partial charge in [0.1, 0.15) is 11.2 Å². The quantitative estimate of drug-likeness (QED) is 0.676. The zero-order valence-electron chi connectivity index (χ0n) is 11.2. The lowest BCUT2D eigenvalue weighted by molar-refractivity contribution is -0.141. The molecule has 2 N–H and O–H groups in total. The number of rotatable bonds is 4. The molecule has 0 amide bonds. The van der Waals surface area contributed by atoms with Crippen LogP contribution in [0, 0.1) is 5.92 Å². The molecule has 9 heteroatoms. The third-order valence-corrected chi connectivity index (χ3v) is 3.78. The van der Waals surface area contributed by atoms with Gasteiger partial charge >= 0.3 is 5.97 Å². The van der Waals surface area contributed by atoms with Gasteiger partial charge in [-0.2, -0.15) is 9.97 Å². The number of esters is 1. The van der Waals surface area contributed by atoms with Crippen molar-refractivity contribution in [3.05, 3.63) is 11.5 Å². The molecule has 1 saturated carbocycles. The molecule has 0 unspecified atom stereocenters. The molecule has 2 aromatic heterocycles. The second kappa shape index (κ2) is 4.80. The summed E-state index contributed by atoms with van der Waals surface area (Å²) in [4.78, 5) is 22.7. The maximum Gasteiger partial charge on any atom is 0.302 e. The first-order valence-corrected chi connectivity index (χ1v) is 6.73. The van der Waals surface area contributed by atoms with Crippen molar-refractivity contribution in [1.29, 1.82) is 0 Å². The van der Waals surface area contributed by atoms with E-state index >= 15 is 0 Å². The van der Waals surface area contributed by atoms with Crippen molar-refractivity contribution in [2.45, 2.75) is 25.6 Å². The van der Waals surface area contributed by atoms with E-state index in [1.54, 1.807) is 4.57 Å². The highest BCUT2D eigenvalue weighted by molar-refractivity contribution is 6.33. The van der Waals surface area contributed by atoms with Crippen molar-refractivity contribution < 1.29 is 13.9 Å². The normalized spacial score (nSPS) is 24.2. The summed E-state index contributed by atoms with van der Waals surface area (Å²) < 4.78 is 20.9. The van der Waals surface area contributed by atoms with Crippen LogP contribution in [0.25, 0.3) is 11.2 Å². The molecule has 0 aromatic carbocycles. The molecule has 0 bridgehead atoms. The van der Waals surface area contributed by atoms with E-state index < -0.39 is 11.6 Å². The Balaban J connectivity index is 1.79. The lowest BCUT2D eigenvalue weighted by Gasteiger charge is -2.09. The molecule has 0 saturated heterocycles. The number of imidazole rings is 1. The minimum absolute atomic E-state index is 0.00872. The summed E-state index contributed by atoms with van der Waals surface area (Å²) in [5.41, 5.74) is 4.88. The molecule has 2 atom stereocenters. The Bertz CT molecular complexity index is 721. The highest BCUT2D eigenvalue weighted by Gasteiger charge is 2.56. The van der Waals surface area contributed by atoms with Gasteiger partial charge in [0.25, 0.3) is 0 Å². The second-order valence-electron chi connectivity index (χ2n) is 5.16. The molecule has 0 spiro atoms. The number of carbonyl (C=O) groups excluding carboxylic acids is 1. The van der Waals surface area contributed by atoms with Crippen molar-refractivity contribution in [2.24, 2.45) is 5.92 Å². The Morgan fingerprint density at radius 3 is 3.14 bits per heavy atom. The molecule has 0 aliphatic heterocycles. The van der Waals surface area contributed by atoms with Gasteiger partial charge in [0.2, 0.25) is 5.95 Å². The summed E-state index contributed by atoms with van der Waals surface area (Å²) in [6.07, 6.45) is 1.78. The highest BCUT2D eigenvalue weighted by Crippen LogP contribution is 2.49. The number of anilines is 1. The van der Waals surface area contributed by atoms with E-state index in [-0.39, 0.29) is 30.2 Å². The van der Waals surface area contributed by atoms with Gasteiger partial charge in [0.05, 0.1) is 19.5 Å². The van der Waals surface area contributed by atoms with E-state index in [1.165, 1.54) is 13.3 Å². The van der Waals surface area contributed by atoms with E-state index in [4.69, 9.17) is 22.1 Å². The Hall–Kier alpha value is -1.96. The lowest BCUT2D eigenvalue weighted by Crippen LogP contribution is -2.18. The third-order valence-electron chi connectivity index (χ3n) is 3.52. The van der Waals surface area contributed by atoms with Gasteiger partial charge in [0.15, 0.2) is 10.8 Å². The number of alkyl halides is 1. The standard InChI is InChI=1S/C12H13ClFN5O2/c1-6(20)21-3-7-2-12(7,14)4-19-5-16-8-9(13)17-11(15)18-10(8)19/h5,7H,2-4H2,1H3,(H2,15,17,18)/t7-,12-/m1/s1. The van der Waals surface area contributed by atoms with Crippen molar-refractivity contribution in [2.75, 3.05) is 12.3 Å². The smallest absolute Gasteiger partial charge is 0.302 e. The summed E-state index contributed by atoms with van der Waals surface area (Å²) >= 11 is 5.92. The average Bonchev–Trinajstić information content (AvgIpc) is 2.85. The molecule has 1 aliphatic rings. The number of nitrogens with zero attached hydrogens (tertiary/aromatic N) is 4. The molecule has 7 nitrogen and oxygen atoms in total. The monoisotopic (exact) mass is 313 g/mol. The van der Waals surface area contributed by atoms with Crippen molar-refractivity contribution >= 4 is 34.7 Å². The number of aromatic nitrogens is 4. The van der Waals surface area contributed by atoms with Crippen LogP contribution in [0.2, 0.25) is 5.15 Å². The Kier molecular flexibility index (Phi) is 3.20. The zero-order chi connectivity index (χ0) is 15.2. The van der Waals surface area contributed by atoms with Crippen LogP contribution in [-0.2, 0) is 16.1 Å². The predicted octanol–water partition coefficient (Wildman–Crippen LogP) is 1.35. The van der Waals surface area contributed by atoms with Gasteiger partial charge in [-0.3, -0.25) is 4.79 Å². The van der Waals surface area contributed by atoms with Gasteiger partial charge in [-0.1, -0.05) is 11.6 Å².